The zero-order chi connectivity index (χ0) is 21.9. The van der Waals surface area contributed by atoms with Crippen molar-refractivity contribution in [3.63, 3.8) is 0 Å². The molecule has 7 heteroatoms. The van der Waals surface area contributed by atoms with Crippen LogP contribution in [-0.2, 0) is 11.2 Å². The van der Waals surface area contributed by atoms with E-state index in [1.165, 1.54) is 25.7 Å². The van der Waals surface area contributed by atoms with Crippen LogP contribution in [0, 0.1) is 17.8 Å². The maximum absolute atomic E-state index is 11.9. The molecule has 0 spiro atoms. The molecule has 2 aliphatic carbocycles. The number of benzene rings is 1. The van der Waals surface area contributed by atoms with Gasteiger partial charge in [0.1, 0.15) is 0 Å². The van der Waals surface area contributed by atoms with Gasteiger partial charge in [-0.2, -0.15) is 0 Å². The second-order valence-corrected chi connectivity index (χ2v) is 10.1. The Hall–Kier alpha value is -2.34. The molecule has 1 aliphatic heterocycles. The highest BCUT2D eigenvalue weighted by atomic mass is 35.5. The molecule has 170 valence electrons. The third-order valence-electron chi connectivity index (χ3n) is 7.12. The van der Waals surface area contributed by atoms with Crippen LogP contribution in [-0.4, -0.2) is 41.6 Å². The monoisotopic (exact) mass is 453 g/mol. The molecular formula is C25H32ClN5O. The molecule has 0 bridgehead atoms. The lowest BCUT2D eigenvalue weighted by Crippen LogP contribution is -2.35. The van der Waals surface area contributed by atoms with Crippen LogP contribution in [0.3, 0.4) is 0 Å². The number of nitrogens with zero attached hydrogens (tertiary/aromatic N) is 3. The van der Waals surface area contributed by atoms with E-state index in [-0.39, 0.29) is 5.91 Å². The molecule has 6 nitrogen and oxygen atoms in total. The molecule has 2 heterocycles. The van der Waals surface area contributed by atoms with E-state index in [4.69, 9.17) is 11.6 Å². The third-order valence-corrected chi connectivity index (χ3v) is 7.31. The van der Waals surface area contributed by atoms with Crippen molar-refractivity contribution in [2.24, 2.45) is 17.8 Å². The lowest BCUT2D eigenvalue weighted by atomic mass is 9.90. The summed E-state index contributed by atoms with van der Waals surface area (Å²) < 4.78 is 0. The van der Waals surface area contributed by atoms with Crippen LogP contribution < -0.4 is 15.5 Å². The van der Waals surface area contributed by atoms with Gasteiger partial charge in [-0.1, -0.05) is 23.7 Å². The van der Waals surface area contributed by atoms with Gasteiger partial charge in [-0.15, -0.1) is 0 Å². The number of amides is 1. The molecule has 2 atom stereocenters. The summed E-state index contributed by atoms with van der Waals surface area (Å²) in [7, 11) is 0. The summed E-state index contributed by atoms with van der Waals surface area (Å²) in [6.45, 7) is 3.09. The summed E-state index contributed by atoms with van der Waals surface area (Å²) in [5, 5.41) is 7.19. The van der Waals surface area contributed by atoms with E-state index in [1.54, 1.807) is 12.4 Å². The number of piperidine rings is 1. The van der Waals surface area contributed by atoms with E-state index >= 15 is 0 Å². The smallest absolute Gasteiger partial charge is 0.225 e. The van der Waals surface area contributed by atoms with E-state index in [2.05, 4.69) is 49.8 Å². The number of carbonyl (C=O) groups excluding carboxylic acids is 1. The molecular weight excluding hydrogens is 422 g/mol. The van der Waals surface area contributed by atoms with Crippen LogP contribution in [0.5, 0.6) is 0 Å². The first-order chi connectivity index (χ1) is 15.6. The molecule has 3 fully saturated rings. The zero-order valence-corrected chi connectivity index (χ0v) is 19.2. The van der Waals surface area contributed by atoms with E-state index in [9.17, 15) is 4.79 Å². The predicted octanol–water partition coefficient (Wildman–Crippen LogP) is 4.31. The molecule has 1 aromatic carbocycles. The molecule has 32 heavy (non-hydrogen) atoms. The molecule has 2 saturated carbocycles. The normalized spacial score (nSPS) is 23.1. The van der Waals surface area contributed by atoms with E-state index in [0.29, 0.717) is 17.5 Å². The minimum absolute atomic E-state index is 0.138. The minimum atomic E-state index is 0.138. The number of hydrogen-bond donors (Lipinski definition) is 2. The van der Waals surface area contributed by atoms with Crippen LogP contribution in [0.25, 0.3) is 0 Å². The second kappa shape index (κ2) is 9.65. The summed E-state index contributed by atoms with van der Waals surface area (Å²) in [5.74, 6) is 3.52. The van der Waals surface area contributed by atoms with Gasteiger partial charge >= 0.3 is 0 Å². The topological polar surface area (TPSA) is 70.2 Å². The van der Waals surface area contributed by atoms with Crippen molar-refractivity contribution in [1.82, 2.24) is 15.3 Å². The van der Waals surface area contributed by atoms with Crippen molar-refractivity contribution in [2.45, 2.75) is 51.0 Å². The Morgan fingerprint density at radius 1 is 1.06 bits per heavy atom. The van der Waals surface area contributed by atoms with Crippen molar-refractivity contribution in [3.05, 3.63) is 47.2 Å². The number of hydrogen-bond acceptors (Lipinski definition) is 5. The zero-order valence-electron chi connectivity index (χ0n) is 18.5. The van der Waals surface area contributed by atoms with Gasteiger partial charge in [0.25, 0.3) is 0 Å². The van der Waals surface area contributed by atoms with Gasteiger partial charge in [-0.3, -0.25) is 4.79 Å². The fourth-order valence-electron chi connectivity index (χ4n) is 5.01. The molecule has 0 radical (unpaired) electrons. The molecule has 1 unspecified atom stereocenters. The Kier molecular flexibility index (Phi) is 6.49. The highest BCUT2D eigenvalue weighted by Gasteiger charge is 2.43. The number of aromatic nitrogens is 2. The molecule has 1 saturated heterocycles. The summed E-state index contributed by atoms with van der Waals surface area (Å²) in [5.41, 5.74) is 2.22. The van der Waals surface area contributed by atoms with Gasteiger partial charge < -0.3 is 15.5 Å². The van der Waals surface area contributed by atoms with Gasteiger partial charge in [0.15, 0.2) is 0 Å². The number of anilines is 2. The largest absolute Gasteiger partial charge is 0.385 e. The molecule has 1 aromatic heterocycles. The van der Waals surface area contributed by atoms with E-state index in [1.807, 2.05) is 0 Å². The summed E-state index contributed by atoms with van der Waals surface area (Å²) in [6, 6.07) is 8.75. The Bertz CT molecular complexity index is 907. The molecule has 2 aromatic rings. The fraction of sp³-hybridized carbons (Fsp3) is 0.560. The lowest BCUT2D eigenvalue weighted by molar-refractivity contribution is -0.120. The van der Waals surface area contributed by atoms with Crippen LogP contribution in [0.2, 0.25) is 5.02 Å². The molecule has 2 N–H and O–H groups in total. The first-order valence-corrected chi connectivity index (χ1v) is 12.4. The Labute approximate surface area is 195 Å². The second-order valence-electron chi connectivity index (χ2n) is 9.62. The summed E-state index contributed by atoms with van der Waals surface area (Å²) in [6.07, 6.45) is 11.2. The van der Waals surface area contributed by atoms with Gasteiger partial charge in [-0.05, 0) is 74.0 Å². The highest BCUT2D eigenvalue weighted by molar-refractivity contribution is 6.30. The van der Waals surface area contributed by atoms with Crippen LogP contribution in [0.1, 0.15) is 44.1 Å². The van der Waals surface area contributed by atoms with Gasteiger partial charge in [0.2, 0.25) is 11.9 Å². The minimum Gasteiger partial charge on any atom is -0.385 e. The Morgan fingerprint density at radius 2 is 1.78 bits per heavy atom. The van der Waals surface area contributed by atoms with Crippen molar-refractivity contribution in [2.75, 3.05) is 29.9 Å². The standard InChI is InChI=1S/C25H32ClN5O/c26-20-15-28-25(29-16-20)31-11-8-18(9-12-31)23-14-19(23)7-10-27-21-3-1-17(2-4-21)13-24(32)30-22-5-6-22/h1-4,15-16,18-19,22-23,27H,5-14H2,(H,30,32)/t19-,23?/m1/s1. The Balaban J connectivity index is 0.990. The van der Waals surface area contributed by atoms with Crippen molar-refractivity contribution < 1.29 is 4.79 Å². The highest BCUT2D eigenvalue weighted by Crippen LogP contribution is 2.49. The summed E-state index contributed by atoms with van der Waals surface area (Å²) >= 11 is 5.90. The SMILES string of the molecule is O=C(Cc1ccc(NCC[C@@H]2CC2C2CCN(c3ncc(Cl)cn3)CC2)cc1)NC1CC1. The first-order valence-electron chi connectivity index (χ1n) is 12.0. The molecule has 3 aliphatic rings. The predicted molar refractivity (Wildman–Crippen MR) is 128 cm³/mol. The molecule has 1 amide bonds. The first kappa shape index (κ1) is 21.5. The lowest BCUT2D eigenvalue weighted by Gasteiger charge is -2.32. The maximum atomic E-state index is 11.9. The Morgan fingerprint density at radius 3 is 2.47 bits per heavy atom. The average molecular weight is 454 g/mol. The van der Waals surface area contributed by atoms with Gasteiger partial charge in [-0.25, -0.2) is 9.97 Å². The maximum Gasteiger partial charge on any atom is 0.225 e. The number of halogens is 1. The van der Waals surface area contributed by atoms with Crippen molar-refractivity contribution in [1.29, 1.82) is 0 Å². The number of carbonyl (C=O) groups is 1. The fourth-order valence-corrected chi connectivity index (χ4v) is 5.11. The van der Waals surface area contributed by atoms with Gasteiger partial charge in [0.05, 0.1) is 23.8 Å². The van der Waals surface area contributed by atoms with Crippen molar-refractivity contribution >= 4 is 29.1 Å². The number of nitrogens with one attached hydrogen (secondary N) is 2. The third kappa shape index (κ3) is 5.71. The van der Waals surface area contributed by atoms with Crippen LogP contribution in [0.4, 0.5) is 11.6 Å². The molecule has 5 rings (SSSR count). The van der Waals surface area contributed by atoms with E-state index in [0.717, 1.165) is 67.4 Å². The van der Waals surface area contributed by atoms with E-state index < -0.39 is 0 Å². The summed E-state index contributed by atoms with van der Waals surface area (Å²) in [4.78, 5) is 22.9. The van der Waals surface area contributed by atoms with Crippen molar-refractivity contribution in [3.8, 4) is 0 Å². The quantitative estimate of drug-likeness (QED) is 0.592. The van der Waals surface area contributed by atoms with Gasteiger partial charge in [0, 0.05) is 31.4 Å². The van der Waals surface area contributed by atoms with Crippen LogP contribution >= 0.6 is 11.6 Å². The van der Waals surface area contributed by atoms with Crippen LogP contribution in [0.15, 0.2) is 36.7 Å². The average Bonchev–Trinajstić information content (AvgIpc) is 3.73. The number of rotatable bonds is 9.